The van der Waals surface area contributed by atoms with Crippen molar-refractivity contribution in [1.82, 2.24) is 4.90 Å². The Balaban J connectivity index is 2.17. The molecule has 2 aromatic rings. The number of halogens is 1. The van der Waals surface area contributed by atoms with E-state index in [0.717, 1.165) is 35.4 Å². The molecule has 0 aromatic heterocycles. The minimum Gasteiger partial charge on any atom is -0.488 e. The van der Waals surface area contributed by atoms with Crippen LogP contribution in [0.3, 0.4) is 0 Å². The van der Waals surface area contributed by atoms with E-state index in [1.54, 1.807) is 0 Å². The SMILES string of the molecule is COC(=O)Cc1ccc(OCc2ccccc2I)c(/C=C/CCN(C)C)c1. The first-order valence-corrected chi connectivity index (χ1v) is 9.94. The summed E-state index contributed by atoms with van der Waals surface area (Å²) >= 11 is 2.32. The van der Waals surface area contributed by atoms with E-state index in [-0.39, 0.29) is 12.4 Å². The average Bonchev–Trinajstić information content (AvgIpc) is 2.65. The summed E-state index contributed by atoms with van der Waals surface area (Å²) in [6, 6.07) is 14.0. The third-order valence-corrected chi connectivity index (χ3v) is 5.08. The van der Waals surface area contributed by atoms with Crippen molar-refractivity contribution in [2.45, 2.75) is 19.4 Å². The average molecular weight is 479 g/mol. The smallest absolute Gasteiger partial charge is 0.309 e. The van der Waals surface area contributed by atoms with E-state index in [1.165, 1.54) is 10.7 Å². The lowest BCUT2D eigenvalue weighted by atomic mass is 10.1. The van der Waals surface area contributed by atoms with E-state index in [9.17, 15) is 4.79 Å². The Labute approximate surface area is 175 Å². The predicted molar refractivity (Wildman–Crippen MR) is 118 cm³/mol. The number of methoxy groups -OCH3 is 1. The Morgan fingerprint density at radius 1 is 1.19 bits per heavy atom. The van der Waals surface area contributed by atoms with Crippen LogP contribution in [0.5, 0.6) is 5.75 Å². The summed E-state index contributed by atoms with van der Waals surface area (Å²) in [5, 5.41) is 0. The molecule has 0 atom stereocenters. The second-order valence-electron chi connectivity index (χ2n) is 6.50. The largest absolute Gasteiger partial charge is 0.488 e. The van der Waals surface area contributed by atoms with Crippen LogP contribution >= 0.6 is 22.6 Å². The normalized spacial score (nSPS) is 11.1. The maximum Gasteiger partial charge on any atom is 0.309 e. The molecule has 0 unspecified atom stereocenters. The van der Waals surface area contributed by atoms with Crippen LogP contribution in [0.2, 0.25) is 0 Å². The quantitative estimate of drug-likeness (QED) is 0.391. The van der Waals surface area contributed by atoms with Crippen LogP contribution in [0.25, 0.3) is 6.08 Å². The molecule has 0 amide bonds. The fourth-order valence-corrected chi connectivity index (χ4v) is 3.07. The molecule has 4 nitrogen and oxygen atoms in total. The van der Waals surface area contributed by atoms with Gasteiger partial charge in [-0.1, -0.05) is 36.4 Å². The summed E-state index contributed by atoms with van der Waals surface area (Å²) in [5.41, 5.74) is 3.04. The van der Waals surface area contributed by atoms with Gasteiger partial charge in [0.05, 0.1) is 13.5 Å². The highest BCUT2D eigenvalue weighted by atomic mass is 127. The van der Waals surface area contributed by atoms with Gasteiger partial charge in [-0.3, -0.25) is 4.79 Å². The first-order chi connectivity index (χ1) is 13.0. The van der Waals surface area contributed by atoms with Gasteiger partial charge in [-0.15, -0.1) is 0 Å². The summed E-state index contributed by atoms with van der Waals surface area (Å²) in [4.78, 5) is 13.7. The number of ether oxygens (including phenoxy) is 2. The molecule has 0 aliphatic heterocycles. The fraction of sp³-hybridized carbons (Fsp3) is 0.318. The monoisotopic (exact) mass is 479 g/mol. The highest BCUT2D eigenvalue weighted by Gasteiger charge is 2.08. The lowest BCUT2D eigenvalue weighted by Crippen LogP contribution is -2.11. The lowest BCUT2D eigenvalue weighted by Gasteiger charge is -2.12. The first-order valence-electron chi connectivity index (χ1n) is 8.87. The van der Waals surface area contributed by atoms with Gasteiger partial charge in [0.25, 0.3) is 0 Å². The Bertz CT molecular complexity index is 787. The Morgan fingerprint density at radius 3 is 2.67 bits per heavy atom. The molecule has 0 aliphatic rings. The van der Waals surface area contributed by atoms with Crippen LogP contribution < -0.4 is 4.74 Å². The van der Waals surface area contributed by atoms with E-state index in [1.807, 2.05) is 30.3 Å². The Morgan fingerprint density at radius 2 is 1.96 bits per heavy atom. The van der Waals surface area contributed by atoms with Crippen LogP contribution in [-0.4, -0.2) is 38.6 Å². The summed E-state index contributed by atoms with van der Waals surface area (Å²) in [6.07, 6.45) is 5.40. The van der Waals surface area contributed by atoms with Gasteiger partial charge < -0.3 is 14.4 Å². The number of hydrogen-bond donors (Lipinski definition) is 0. The maximum absolute atomic E-state index is 11.6. The summed E-state index contributed by atoms with van der Waals surface area (Å²) in [7, 11) is 5.52. The number of nitrogens with zero attached hydrogens (tertiary/aromatic N) is 1. The van der Waals surface area contributed by atoms with Crippen LogP contribution in [0.15, 0.2) is 48.5 Å². The molecule has 0 fully saturated rings. The highest BCUT2D eigenvalue weighted by Crippen LogP contribution is 2.24. The predicted octanol–water partition coefficient (Wildman–Crippen LogP) is 4.55. The molecular formula is C22H26INO3. The number of carbonyl (C=O) groups is 1. The van der Waals surface area contributed by atoms with Gasteiger partial charge in [-0.2, -0.15) is 0 Å². The maximum atomic E-state index is 11.6. The summed E-state index contributed by atoms with van der Waals surface area (Å²) < 4.78 is 12.0. The number of carbonyl (C=O) groups excluding carboxylic acids is 1. The van der Waals surface area contributed by atoms with Crippen molar-refractivity contribution in [1.29, 1.82) is 0 Å². The molecule has 27 heavy (non-hydrogen) atoms. The second-order valence-corrected chi connectivity index (χ2v) is 7.66. The molecule has 2 aromatic carbocycles. The molecule has 0 radical (unpaired) electrons. The zero-order valence-corrected chi connectivity index (χ0v) is 18.2. The minimum absolute atomic E-state index is 0.245. The van der Waals surface area contributed by atoms with Crippen molar-refractivity contribution in [3.63, 3.8) is 0 Å². The van der Waals surface area contributed by atoms with Crippen molar-refractivity contribution in [2.24, 2.45) is 0 Å². The molecule has 0 bridgehead atoms. The van der Waals surface area contributed by atoms with Crippen molar-refractivity contribution in [3.05, 3.63) is 68.8 Å². The van der Waals surface area contributed by atoms with E-state index in [0.29, 0.717) is 6.61 Å². The highest BCUT2D eigenvalue weighted by molar-refractivity contribution is 14.1. The van der Waals surface area contributed by atoms with Gasteiger partial charge in [0, 0.05) is 21.2 Å². The third kappa shape index (κ3) is 7.34. The molecule has 2 rings (SSSR count). The zero-order chi connectivity index (χ0) is 19.6. The van der Waals surface area contributed by atoms with Crippen molar-refractivity contribution >= 4 is 34.6 Å². The lowest BCUT2D eigenvalue weighted by molar-refractivity contribution is -0.139. The summed E-state index contributed by atoms with van der Waals surface area (Å²) in [5.74, 6) is 0.564. The molecular weight excluding hydrogens is 453 g/mol. The number of esters is 1. The van der Waals surface area contributed by atoms with E-state index < -0.39 is 0 Å². The number of benzene rings is 2. The van der Waals surface area contributed by atoms with Gasteiger partial charge in [0.1, 0.15) is 12.4 Å². The standard InChI is InChI=1S/C22H26INO3/c1-24(2)13-7-6-8-18-14-17(15-22(25)26-3)11-12-21(18)27-16-19-9-4-5-10-20(19)23/h4-6,8-12,14H,7,13,15-16H2,1-3H3/b8-6+. The Hall–Kier alpha value is -1.86. The fourth-order valence-electron chi connectivity index (χ4n) is 2.52. The second kappa shape index (κ2) is 11.1. The first kappa shape index (κ1) is 21.4. The molecule has 0 spiro atoms. The zero-order valence-electron chi connectivity index (χ0n) is 16.1. The molecule has 0 N–H and O–H groups in total. The van der Waals surface area contributed by atoms with Gasteiger partial charge in [-0.05, 0) is 66.9 Å². The van der Waals surface area contributed by atoms with Crippen molar-refractivity contribution in [2.75, 3.05) is 27.7 Å². The molecule has 0 aliphatic carbocycles. The molecule has 0 saturated heterocycles. The van der Waals surface area contributed by atoms with Gasteiger partial charge in [0.2, 0.25) is 0 Å². The molecule has 0 heterocycles. The topological polar surface area (TPSA) is 38.8 Å². The van der Waals surface area contributed by atoms with E-state index in [2.05, 4.69) is 65.9 Å². The van der Waals surface area contributed by atoms with Gasteiger partial charge >= 0.3 is 5.97 Å². The van der Waals surface area contributed by atoms with Gasteiger partial charge in [0.15, 0.2) is 0 Å². The van der Waals surface area contributed by atoms with Crippen LogP contribution in [-0.2, 0) is 22.6 Å². The van der Waals surface area contributed by atoms with Crippen LogP contribution in [0.1, 0.15) is 23.1 Å². The van der Waals surface area contributed by atoms with Crippen LogP contribution in [0, 0.1) is 3.57 Å². The van der Waals surface area contributed by atoms with Gasteiger partial charge in [-0.25, -0.2) is 0 Å². The van der Waals surface area contributed by atoms with Crippen LogP contribution in [0.4, 0.5) is 0 Å². The minimum atomic E-state index is -0.245. The number of hydrogen-bond acceptors (Lipinski definition) is 4. The van der Waals surface area contributed by atoms with Crippen molar-refractivity contribution < 1.29 is 14.3 Å². The Kier molecular flexibility index (Phi) is 8.81. The molecule has 0 saturated carbocycles. The van der Waals surface area contributed by atoms with Crippen molar-refractivity contribution in [3.8, 4) is 5.75 Å². The number of rotatable bonds is 9. The van der Waals surface area contributed by atoms with E-state index >= 15 is 0 Å². The molecule has 144 valence electrons. The third-order valence-electron chi connectivity index (χ3n) is 4.03. The summed E-state index contributed by atoms with van der Waals surface area (Å²) in [6.45, 7) is 1.49. The molecule has 5 heteroatoms. The van der Waals surface area contributed by atoms with E-state index in [4.69, 9.17) is 9.47 Å².